The number of benzene rings is 1. The van der Waals surface area contributed by atoms with E-state index in [4.69, 9.17) is 28.3 Å². The van der Waals surface area contributed by atoms with Gasteiger partial charge in [0.05, 0.1) is 22.5 Å². The molecule has 0 saturated heterocycles. The highest BCUT2D eigenvalue weighted by molar-refractivity contribution is 6.35. The minimum atomic E-state index is -0.892. The standard InChI is InChI=1S/C15H15Cl2N3O3/c1-9(2-5-14(21)22)19-15(23)10-7-18-20(8-10)13-4-3-11(16)6-12(13)17/h3-4,6-9H,2,5H2,1H3,(H,19,23)(H,21,22). The first kappa shape index (κ1) is 17.3. The van der Waals surface area contributed by atoms with Gasteiger partial charge < -0.3 is 10.4 Å². The van der Waals surface area contributed by atoms with E-state index in [0.717, 1.165) is 0 Å². The number of rotatable bonds is 6. The van der Waals surface area contributed by atoms with Crippen LogP contribution < -0.4 is 5.32 Å². The van der Waals surface area contributed by atoms with Gasteiger partial charge in [-0.25, -0.2) is 4.68 Å². The summed E-state index contributed by atoms with van der Waals surface area (Å²) in [6.45, 7) is 1.75. The molecule has 2 rings (SSSR count). The van der Waals surface area contributed by atoms with Crippen LogP contribution in [0.4, 0.5) is 0 Å². The highest BCUT2D eigenvalue weighted by Gasteiger charge is 2.14. The molecule has 2 aromatic rings. The number of carboxylic acid groups (broad SMARTS) is 1. The first-order chi connectivity index (χ1) is 10.9. The van der Waals surface area contributed by atoms with E-state index in [1.54, 1.807) is 31.3 Å². The smallest absolute Gasteiger partial charge is 0.303 e. The summed E-state index contributed by atoms with van der Waals surface area (Å²) in [4.78, 5) is 22.6. The fourth-order valence-corrected chi connectivity index (χ4v) is 2.45. The van der Waals surface area contributed by atoms with E-state index in [9.17, 15) is 9.59 Å². The summed E-state index contributed by atoms with van der Waals surface area (Å²) in [7, 11) is 0. The Balaban J connectivity index is 2.06. The summed E-state index contributed by atoms with van der Waals surface area (Å²) in [5.74, 6) is -1.21. The second-order valence-corrected chi connectivity index (χ2v) is 5.92. The number of aliphatic carboxylic acids is 1. The van der Waals surface area contributed by atoms with E-state index in [1.807, 2.05) is 0 Å². The van der Waals surface area contributed by atoms with Crippen molar-refractivity contribution in [3.05, 3.63) is 46.2 Å². The molecule has 1 atom stereocenters. The number of halogens is 2. The Kier molecular flexibility index (Phi) is 5.63. The summed E-state index contributed by atoms with van der Waals surface area (Å²) in [6.07, 6.45) is 3.33. The predicted octanol–water partition coefficient (Wildman–Crippen LogP) is 3.16. The van der Waals surface area contributed by atoms with Crippen LogP contribution in [0.1, 0.15) is 30.1 Å². The minimum absolute atomic E-state index is 0.00108. The molecule has 0 aliphatic heterocycles. The van der Waals surface area contributed by atoms with E-state index in [-0.39, 0.29) is 18.4 Å². The van der Waals surface area contributed by atoms with Crippen LogP contribution in [0.15, 0.2) is 30.6 Å². The molecule has 1 amide bonds. The Morgan fingerprint density at radius 3 is 2.78 bits per heavy atom. The highest BCUT2D eigenvalue weighted by Crippen LogP contribution is 2.24. The maximum absolute atomic E-state index is 12.1. The average Bonchev–Trinajstić information content (AvgIpc) is 2.94. The van der Waals surface area contributed by atoms with Crippen molar-refractivity contribution in [2.45, 2.75) is 25.8 Å². The average molecular weight is 356 g/mol. The Morgan fingerprint density at radius 1 is 1.39 bits per heavy atom. The third-order valence-electron chi connectivity index (χ3n) is 3.17. The number of nitrogens with one attached hydrogen (secondary N) is 1. The first-order valence-corrected chi connectivity index (χ1v) is 7.65. The van der Waals surface area contributed by atoms with Crippen LogP contribution in [0, 0.1) is 0 Å². The Labute approximate surface area is 143 Å². The topological polar surface area (TPSA) is 84.2 Å². The summed E-state index contributed by atoms with van der Waals surface area (Å²) in [5.41, 5.74) is 0.965. The van der Waals surface area contributed by atoms with Gasteiger partial charge in [0.15, 0.2) is 0 Å². The molecular weight excluding hydrogens is 341 g/mol. The third kappa shape index (κ3) is 4.71. The summed E-state index contributed by atoms with van der Waals surface area (Å²) in [6, 6.07) is 4.72. The van der Waals surface area contributed by atoms with Gasteiger partial charge >= 0.3 is 5.97 Å². The monoisotopic (exact) mass is 355 g/mol. The molecule has 6 nitrogen and oxygen atoms in total. The van der Waals surface area contributed by atoms with Gasteiger partial charge in [0.2, 0.25) is 0 Å². The van der Waals surface area contributed by atoms with Gasteiger partial charge in [-0.15, -0.1) is 0 Å². The molecule has 1 heterocycles. The SMILES string of the molecule is CC(CCC(=O)O)NC(=O)c1cnn(-c2ccc(Cl)cc2Cl)c1. The lowest BCUT2D eigenvalue weighted by molar-refractivity contribution is -0.137. The van der Waals surface area contributed by atoms with Crippen molar-refractivity contribution in [3.63, 3.8) is 0 Å². The van der Waals surface area contributed by atoms with E-state index in [0.29, 0.717) is 27.7 Å². The second kappa shape index (κ2) is 7.48. The Hall–Kier alpha value is -2.05. The lowest BCUT2D eigenvalue weighted by atomic mass is 10.2. The number of carboxylic acids is 1. The fourth-order valence-electron chi connectivity index (χ4n) is 1.96. The summed E-state index contributed by atoms with van der Waals surface area (Å²) in [5, 5.41) is 16.4. The van der Waals surface area contributed by atoms with Crippen molar-refractivity contribution in [1.29, 1.82) is 0 Å². The number of amides is 1. The molecule has 0 radical (unpaired) electrons. The lowest BCUT2D eigenvalue weighted by Crippen LogP contribution is -2.32. The molecule has 0 aliphatic rings. The number of carbonyl (C=O) groups is 2. The molecule has 0 spiro atoms. The van der Waals surface area contributed by atoms with Crippen LogP contribution in [0.3, 0.4) is 0 Å². The molecule has 1 aromatic heterocycles. The quantitative estimate of drug-likeness (QED) is 0.833. The normalized spacial score (nSPS) is 12.0. The van der Waals surface area contributed by atoms with Crippen molar-refractivity contribution in [3.8, 4) is 5.69 Å². The molecule has 1 aromatic carbocycles. The Bertz CT molecular complexity index is 731. The van der Waals surface area contributed by atoms with Gasteiger partial charge in [-0.3, -0.25) is 9.59 Å². The number of hydrogen-bond acceptors (Lipinski definition) is 3. The van der Waals surface area contributed by atoms with Gasteiger partial charge in [0.25, 0.3) is 5.91 Å². The molecule has 0 bridgehead atoms. The first-order valence-electron chi connectivity index (χ1n) is 6.89. The Morgan fingerprint density at radius 2 is 2.13 bits per heavy atom. The van der Waals surface area contributed by atoms with Gasteiger partial charge in [-0.1, -0.05) is 23.2 Å². The molecule has 1 unspecified atom stereocenters. The van der Waals surface area contributed by atoms with Crippen LogP contribution in [0.5, 0.6) is 0 Å². The van der Waals surface area contributed by atoms with Crippen LogP contribution >= 0.6 is 23.2 Å². The van der Waals surface area contributed by atoms with E-state index in [1.165, 1.54) is 10.9 Å². The van der Waals surface area contributed by atoms with E-state index in [2.05, 4.69) is 10.4 Å². The second-order valence-electron chi connectivity index (χ2n) is 5.08. The molecule has 122 valence electrons. The maximum atomic E-state index is 12.1. The number of nitrogens with zero attached hydrogens (tertiary/aromatic N) is 2. The van der Waals surface area contributed by atoms with Crippen LogP contribution in [0.2, 0.25) is 10.0 Å². The molecule has 0 saturated carbocycles. The third-order valence-corrected chi connectivity index (χ3v) is 3.71. The zero-order chi connectivity index (χ0) is 17.0. The largest absolute Gasteiger partial charge is 0.481 e. The zero-order valence-corrected chi connectivity index (χ0v) is 13.8. The van der Waals surface area contributed by atoms with E-state index < -0.39 is 5.97 Å². The molecule has 0 fully saturated rings. The maximum Gasteiger partial charge on any atom is 0.303 e. The van der Waals surface area contributed by atoms with Gasteiger partial charge in [-0.05, 0) is 31.5 Å². The number of hydrogen-bond donors (Lipinski definition) is 2. The number of aromatic nitrogens is 2. The fraction of sp³-hybridized carbons (Fsp3) is 0.267. The van der Waals surface area contributed by atoms with Crippen LogP contribution in [-0.2, 0) is 4.79 Å². The predicted molar refractivity (Wildman–Crippen MR) is 87.4 cm³/mol. The zero-order valence-electron chi connectivity index (χ0n) is 12.3. The van der Waals surface area contributed by atoms with Gasteiger partial charge in [0, 0.05) is 23.7 Å². The summed E-state index contributed by atoms with van der Waals surface area (Å²) < 4.78 is 1.48. The van der Waals surface area contributed by atoms with E-state index >= 15 is 0 Å². The van der Waals surface area contributed by atoms with Gasteiger partial charge in [0.1, 0.15) is 0 Å². The molecular formula is C15H15Cl2N3O3. The minimum Gasteiger partial charge on any atom is -0.481 e. The number of carbonyl (C=O) groups excluding carboxylic acids is 1. The van der Waals surface area contributed by atoms with Gasteiger partial charge in [-0.2, -0.15) is 5.10 Å². The highest BCUT2D eigenvalue weighted by atomic mass is 35.5. The lowest BCUT2D eigenvalue weighted by Gasteiger charge is -2.11. The van der Waals surface area contributed by atoms with Crippen LogP contribution in [0.25, 0.3) is 5.69 Å². The summed E-state index contributed by atoms with van der Waals surface area (Å²) >= 11 is 12.0. The molecule has 8 heteroatoms. The molecule has 2 N–H and O–H groups in total. The van der Waals surface area contributed by atoms with Crippen molar-refractivity contribution in [2.75, 3.05) is 0 Å². The van der Waals surface area contributed by atoms with Crippen LogP contribution in [-0.4, -0.2) is 32.8 Å². The molecule has 23 heavy (non-hydrogen) atoms. The molecule has 0 aliphatic carbocycles. The van der Waals surface area contributed by atoms with Crippen molar-refractivity contribution >= 4 is 35.1 Å². The van der Waals surface area contributed by atoms with Crippen molar-refractivity contribution < 1.29 is 14.7 Å². The van der Waals surface area contributed by atoms with Crippen molar-refractivity contribution in [1.82, 2.24) is 15.1 Å². The van der Waals surface area contributed by atoms with Crippen molar-refractivity contribution in [2.24, 2.45) is 0 Å².